The Morgan fingerprint density at radius 2 is 1.96 bits per heavy atom. The number of furan rings is 1. The molecule has 0 aliphatic rings. The molecule has 142 valence electrons. The van der Waals surface area contributed by atoms with E-state index in [4.69, 9.17) is 9.40 Å². The molecule has 0 saturated carbocycles. The average Bonchev–Trinajstić information content (AvgIpc) is 3.34. The van der Waals surface area contributed by atoms with Gasteiger partial charge < -0.3 is 4.42 Å². The van der Waals surface area contributed by atoms with Crippen molar-refractivity contribution >= 4 is 32.6 Å². The summed E-state index contributed by atoms with van der Waals surface area (Å²) >= 11 is 1.54. The molecule has 0 unspecified atom stereocenters. The number of rotatable bonds is 5. The van der Waals surface area contributed by atoms with E-state index in [1.165, 1.54) is 16.9 Å². The first-order valence-electron chi connectivity index (χ1n) is 9.33. The third-order valence-electron chi connectivity index (χ3n) is 4.70. The molecule has 0 spiro atoms. The zero-order valence-corrected chi connectivity index (χ0v) is 17.0. The lowest BCUT2D eigenvalue weighted by atomic mass is 10.0. The van der Waals surface area contributed by atoms with Crippen LogP contribution in [0.1, 0.15) is 47.0 Å². The monoisotopic (exact) mass is 390 g/mol. The molecule has 2 aromatic carbocycles. The number of fused-ring (bicyclic) bond motifs is 1. The Balaban J connectivity index is 1.80. The van der Waals surface area contributed by atoms with Gasteiger partial charge in [-0.2, -0.15) is 0 Å². The number of anilines is 1. The average molecular weight is 391 g/mol. The zero-order chi connectivity index (χ0) is 19.7. The molecule has 0 bridgehead atoms. The van der Waals surface area contributed by atoms with Gasteiger partial charge in [-0.15, -0.1) is 0 Å². The number of benzene rings is 2. The van der Waals surface area contributed by atoms with E-state index in [0.717, 1.165) is 21.5 Å². The fraction of sp³-hybridized carbons (Fsp3) is 0.217. The van der Waals surface area contributed by atoms with Crippen LogP contribution in [0.25, 0.3) is 10.2 Å². The smallest absolute Gasteiger partial charge is 0.260 e. The lowest BCUT2D eigenvalue weighted by Crippen LogP contribution is -2.30. The van der Waals surface area contributed by atoms with Crippen LogP contribution in [0.15, 0.2) is 65.3 Å². The van der Waals surface area contributed by atoms with E-state index in [0.29, 0.717) is 23.2 Å². The SMILES string of the molecule is Cc1cccc(C(=O)N(Cc2ccco2)c2nc3c(C(C)C)cccc3s2)c1. The van der Waals surface area contributed by atoms with Crippen molar-refractivity contribution in [1.29, 1.82) is 0 Å². The molecule has 0 fully saturated rings. The van der Waals surface area contributed by atoms with E-state index in [1.807, 2.05) is 43.3 Å². The van der Waals surface area contributed by atoms with Crippen LogP contribution in [0, 0.1) is 6.92 Å². The van der Waals surface area contributed by atoms with Crippen molar-refractivity contribution in [3.63, 3.8) is 0 Å². The standard InChI is InChI=1S/C23H22N2O2S/c1-15(2)19-10-5-11-20-21(19)24-23(28-20)25(14-18-9-6-12-27-18)22(26)17-8-4-7-16(3)13-17/h4-13,15H,14H2,1-3H3. The molecule has 0 saturated heterocycles. The predicted octanol–water partition coefficient (Wildman–Crippen LogP) is 6.17. The summed E-state index contributed by atoms with van der Waals surface area (Å²) in [6.07, 6.45) is 1.62. The Morgan fingerprint density at radius 1 is 1.14 bits per heavy atom. The van der Waals surface area contributed by atoms with E-state index in [9.17, 15) is 4.79 Å². The molecule has 2 heterocycles. The quantitative estimate of drug-likeness (QED) is 0.409. The van der Waals surface area contributed by atoms with Crippen LogP contribution in [0.2, 0.25) is 0 Å². The van der Waals surface area contributed by atoms with Gasteiger partial charge in [-0.25, -0.2) is 4.98 Å². The van der Waals surface area contributed by atoms with Crippen LogP contribution in [-0.4, -0.2) is 10.9 Å². The minimum absolute atomic E-state index is 0.0785. The summed E-state index contributed by atoms with van der Waals surface area (Å²) in [5.41, 5.74) is 3.87. The van der Waals surface area contributed by atoms with Crippen LogP contribution < -0.4 is 4.90 Å². The van der Waals surface area contributed by atoms with Crippen molar-refractivity contribution in [2.24, 2.45) is 0 Å². The Labute approximate surface area is 168 Å². The minimum atomic E-state index is -0.0785. The van der Waals surface area contributed by atoms with Crippen LogP contribution >= 0.6 is 11.3 Å². The molecule has 4 rings (SSSR count). The van der Waals surface area contributed by atoms with Crippen molar-refractivity contribution in [3.05, 3.63) is 83.3 Å². The number of hydrogen-bond donors (Lipinski definition) is 0. The highest BCUT2D eigenvalue weighted by atomic mass is 32.1. The normalized spacial score (nSPS) is 11.3. The second-order valence-electron chi connectivity index (χ2n) is 7.19. The summed E-state index contributed by atoms with van der Waals surface area (Å²) < 4.78 is 6.60. The highest BCUT2D eigenvalue weighted by molar-refractivity contribution is 7.22. The molecule has 2 aromatic heterocycles. The number of aryl methyl sites for hydroxylation is 1. The zero-order valence-electron chi connectivity index (χ0n) is 16.2. The molecule has 0 aliphatic carbocycles. The van der Waals surface area contributed by atoms with Gasteiger partial charge in [0.2, 0.25) is 0 Å². The molecule has 28 heavy (non-hydrogen) atoms. The molecular weight excluding hydrogens is 368 g/mol. The maximum Gasteiger partial charge on any atom is 0.260 e. The number of aromatic nitrogens is 1. The summed E-state index contributed by atoms with van der Waals surface area (Å²) in [5.74, 6) is 1.01. The van der Waals surface area contributed by atoms with Crippen LogP contribution in [-0.2, 0) is 6.54 Å². The molecule has 1 amide bonds. The Morgan fingerprint density at radius 3 is 2.68 bits per heavy atom. The number of para-hydroxylation sites is 1. The predicted molar refractivity (Wildman–Crippen MR) is 114 cm³/mol. The largest absolute Gasteiger partial charge is 0.467 e. The molecule has 0 aliphatic heterocycles. The number of carbonyl (C=O) groups excluding carboxylic acids is 1. The number of hydrogen-bond acceptors (Lipinski definition) is 4. The lowest BCUT2D eigenvalue weighted by Gasteiger charge is -2.19. The van der Waals surface area contributed by atoms with Crippen molar-refractivity contribution in [3.8, 4) is 0 Å². The molecule has 5 heteroatoms. The van der Waals surface area contributed by atoms with E-state index >= 15 is 0 Å². The summed E-state index contributed by atoms with van der Waals surface area (Å²) in [6.45, 7) is 6.65. The number of nitrogens with zero attached hydrogens (tertiary/aromatic N) is 2. The highest BCUT2D eigenvalue weighted by Crippen LogP contribution is 2.34. The van der Waals surface area contributed by atoms with Crippen LogP contribution in [0.3, 0.4) is 0 Å². The first-order chi connectivity index (χ1) is 13.5. The van der Waals surface area contributed by atoms with Gasteiger partial charge in [-0.3, -0.25) is 9.69 Å². The summed E-state index contributed by atoms with van der Waals surface area (Å²) in [6, 6.07) is 17.6. The molecule has 0 radical (unpaired) electrons. The van der Waals surface area contributed by atoms with E-state index in [-0.39, 0.29) is 5.91 Å². The fourth-order valence-corrected chi connectivity index (χ4v) is 4.26. The van der Waals surface area contributed by atoms with Gasteiger partial charge in [0.15, 0.2) is 5.13 Å². The highest BCUT2D eigenvalue weighted by Gasteiger charge is 2.23. The summed E-state index contributed by atoms with van der Waals surface area (Å²) in [5, 5.41) is 0.686. The van der Waals surface area contributed by atoms with Gasteiger partial charge in [0, 0.05) is 5.56 Å². The maximum atomic E-state index is 13.4. The minimum Gasteiger partial charge on any atom is -0.467 e. The Hall–Kier alpha value is -2.92. The van der Waals surface area contributed by atoms with E-state index in [1.54, 1.807) is 11.2 Å². The first-order valence-corrected chi connectivity index (χ1v) is 10.1. The topological polar surface area (TPSA) is 46.3 Å². The van der Waals surface area contributed by atoms with Crippen LogP contribution in [0.4, 0.5) is 5.13 Å². The third-order valence-corrected chi connectivity index (χ3v) is 5.74. The van der Waals surface area contributed by atoms with Gasteiger partial charge >= 0.3 is 0 Å². The van der Waals surface area contributed by atoms with Crippen molar-refractivity contribution in [1.82, 2.24) is 4.98 Å². The van der Waals surface area contributed by atoms with E-state index in [2.05, 4.69) is 32.0 Å². The Kier molecular flexibility index (Phi) is 5.01. The van der Waals surface area contributed by atoms with E-state index < -0.39 is 0 Å². The molecular formula is C23H22N2O2S. The van der Waals surface area contributed by atoms with Crippen molar-refractivity contribution in [2.75, 3.05) is 4.90 Å². The fourth-order valence-electron chi connectivity index (χ4n) is 3.26. The van der Waals surface area contributed by atoms with Gasteiger partial charge in [-0.1, -0.05) is 55.0 Å². The summed E-state index contributed by atoms with van der Waals surface area (Å²) in [4.78, 5) is 19.9. The third kappa shape index (κ3) is 3.58. The Bertz CT molecular complexity index is 1110. The first kappa shape index (κ1) is 18.4. The molecule has 0 atom stereocenters. The van der Waals surface area contributed by atoms with Crippen molar-refractivity contribution in [2.45, 2.75) is 33.2 Å². The second kappa shape index (κ2) is 7.60. The van der Waals surface area contributed by atoms with Gasteiger partial charge in [0.25, 0.3) is 5.91 Å². The van der Waals surface area contributed by atoms with Gasteiger partial charge in [-0.05, 0) is 48.7 Å². The molecule has 4 aromatic rings. The van der Waals surface area contributed by atoms with Gasteiger partial charge in [0.05, 0.1) is 23.0 Å². The lowest BCUT2D eigenvalue weighted by molar-refractivity contribution is 0.0983. The van der Waals surface area contributed by atoms with Crippen molar-refractivity contribution < 1.29 is 9.21 Å². The number of carbonyl (C=O) groups is 1. The summed E-state index contributed by atoms with van der Waals surface area (Å²) in [7, 11) is 0. The molecule has 4 nitrogen and oxygen atoms in total. The van der Waals surface area contributed by atoms with Crippen LogP contribution in [0.5, 0.6) is 0 Å². The second-order valence-corrected chi connectivity index (χ2v) is 8.19. The number of thiazole rings is 1. The van der Waals surface area contributed by atoms with Gasteiger partial charge in [0.1, 0.15) is 5.76 Å². The maximum absolute atomic E-state index is 13.4. The molecule has 0 N–H and O–H groups in total. The number of amides is 1.